The fourth-order valence-corrected chi connectivity index (χ4v) is 4.87. The van der Waals surface area contributed by atoms with Crippen molar-refractivity contribution < 1.29 is 28.2 Å². The molecule has 1 aliphatic rings. The van der Waals surface area contributed by atoms with Crippen LogP contribution in [0.5, 0.6) is 11.5 Å². The Labute approximate surface area is 202 Å². The average molecular weight is 503 g/mol. The zero-order valence-corrected chi connectivity index (χ0v) is 19.8. The van der Waals surface area contributed by atoms with Crippen molar-refractivity contribution in [1.82, 2.24) is 24.4 Å². The SMILES string of the molecule is Cc1ccc(-n2c(C(N)=O)nnc2-c2cc(S(=O)(=O)NCCN3CCOCC3)c(O)cc2O)cc1. The molecule has 1 fully saturated rings. The smallest absolute Gasteiger partial charge is 0.287 e. The van der Waals surface area contributed by atoms with Gasteiger partial charge in [-0.15, -0.1) is 10.2 Å². The van der Waals surface area contributed by atoms with Crippen LogP contribution in [0.1, 0.15) is 16.2 Å². The van der Waals surface area contributed by atoms with Crippen molar-refractivity contribution in [2.45, 2.75) is 11.8 Å². The first-order valence-electron chi connectivity index (χ1n) is 10.9. The Kier molecular flexibility index (Phi) is 7.03. The van der Waals surface area contributed by atoms with E-state index in [1.54, 1.807) is 24.3 Å². The summed E-state index contributed by atoms with van der Waals surface area (Å²) in [4.78, 5) is 13.6. The number of ether oxygens (including phenoxy) is 1. The fraction of sp³-hybridized carbons (Fsp3) is 0.318. The molecule has 35 heavy (non-hydrogen) atoms. The number of amides is 1. The van der Waals surface area contributed by atoms with Gasteiger partial charge in [-0.3, -0.25) is 14.3 Å². The van der Waals surface area contributed by atoms with E-state index in [-0.39, 0.29) is 23.8 Å². The maximum atomic E-state index is 13.0. The lowest BCUT2D eigenvalue weighted by atomic mass is 10.1. The van der Waals surface area contributed by atoms with Gasteiger partial charge in [0.1, 0.15) is 16.4 Å². The molecule has 0 spiro atoms. The largest absolute Gasteiger partial charge is 0.507 e. The number of nitrogens with one attached hydrogen (secondary N) is 1. The number of morpholine rings is 1. The topological polar surface area (TPSA) is 173 Å². The molecule has 1 saturated heterocycles. The third-order valence-corrected chi connectivity index (χ3v) is 7.10. The third kappa shape index (κ3) is 5.27. The van der Waals surface area contributed by atoms with E-state index >= 15 is 0 Å². The van der Waals surface area contributed by atoms with Crippen LogP contribution in [-0.4, -0.2) is 83.6 Å². The number of hydrogen-bond acceptors (Lipinski definition) is 9. The van der Waals surface area contributed by atoms with Crippen molar-refractivity contribution in [1.29, 1.82) is 0 Å². The summed E-state index contributed by atoms with van der Waals surface area (Å²) in [5.74, 6) is -2.18. The van der Waals surface area contributed by atoms with Crippen molar-refractivity contribution in [3.05, 3.63) is 47.8 Å². The second-order valence-corrected chi connectivity index (χ2v) is 9.81. The summed E-state index contributed by atoms with van der Waals surface area (Å²) in [6.45, 7) is 5.05. The van der Waals surface area contributed by atoms with E-state index in [1.165, 1.54) is 4.57 Å². The summed E-state index contributed by atoms with van der Waals surface area (Å²) in [6, 6.07) is 9.00. The molecule has 3 aromatic rings. The van der Waals surface area contributed by atoms with Crippen molar-refractivity contribution in [2.24, 2.45) is 5.73 Å². The van der Waals surface area contributed by atoms with Gasteiger partial charge in [0.15, 0.2) is 5.82 Å². The highest BCUT2D eigenvalue weighted by Crippen LogP contribution is 2.37. The van der Waals surface area contributed by atoms with Gasteiger partial charge >= 0.3 is 0 Å². The predicted octanol–water partition coefficient (Wildman–Crippen LogP) is 0.363. The first-order valence-corrected chi connectivity index (χ1v) is 12.3. The quantitative estimate of drug-likeness (QED) is 0.339. The highest BCUT2D eigenvalue weighted by molar-refractivity contribution is 7.89. The Morgan fingerprint density at radius 2 is 1.80 bits per heavy atom. The number of aromatic hydroxyl groups is 2. The predicted molar refractivity (Wildman–Crippen MR) is 126 cm³/mol. The minimum absolute atomic E-state index is 0.0232. The number of carbonyl (C=O) groups is 1. The first-order chi connectivity index (χ1) is 16.7. The van der Waals surface area contributed by atoms with E-state index in [1.807, 2.05) is 6.92 Å². The van der Waals surface area contributed by atoms with Crippen LogP contribution in [0.2, 0.25) is 0 Å². The highest BCUT2D eigenvalue weighted by Gasteiger charge is 2.26. The van der Waals surface area contributed by atoms with Gasteiger partial charge in [-0.2, -0.15) is 0 Å². The molecule has 0 unspecified atom stereocenters. The molecule has 5 N–H and O–H groups in total. The maximum Gasteiger partial charge on any atom is 0.287 e. The van der Waals surface area contributed by atoms with Gasteiger partial charge in [-0.05, 0) is 25.1 Å². The molecular weight excluding hydrogens is 476 g/mol. The van der Waals surface area contributed by atoms with E-state index in [9.17, 15) is 23.4 Å². The number of benzene rings is 2. The van der Waals surface area contributed by atoms with Crippen molar-refractivity contribution in [3.8, 4) is 28.6 Å². The van der Waals surface area contributed by atoms with Gasteiger partial charge in [0.2, 0.25) is 15.8 Å². The Balaban J connectivity index is 1.70. The Morgan fingerprint density at radius 1 is 1.11 bits per heavy atom. The van der Waals surface area contributed by atoms with Gasteiger partial charge in [-0.25, -0.2) is 13.1 Å². The van der Waals surface area contributed by atoms with Crippen LogP contribution in [0.4, 0.5) is 0 Å². The van der Waals surface area contributed by atoms with Crippen LogP contribution >= 0.6 is 0 Å². The molecule has 2 aromatic carbocycles. The summed E-state index contributed by atoms with van der Waals surface area (Å²) in [5, 5.41) is 28.7. The summed E-state index contributed by atoms with van der Waals surface area (Å²) in [5.41, 5.74) is 6.85. The molecule has 0 radical (unpaired) electrons. The van der Waals surface area contributed by atoms with Crippen LogP contribution < -0.4 is 10.5 Å². The fourth-order valence-electron chi connectivity index (χ4n) is 3.75. The van der Waals surface area contributed by atoms with E-state index in [2.05, 4.69) is 19.8 Å². The summed E-state index contributed by atoms with van der Waals surface area (Å²) >= 11 is 0. The minimum atomic E-state index is -4.15. The number of carbonyl (C=O) groups excluding carboxylic acids is 1. The molecule has 0 saturated carbocycles. The molecule has 1 amide bonds. The summed E-state index contributed by atoms with van der Waals surface area (Å²) in [6.07, 6.45) is 0. The summed E-state index contributed by atoms with van der Waals surface area (Å²) in [7, 11) is -4.15. The lowest BCUT2D eigenvalue weighted by Crippen LogP contribution is -2.41. The molecule has 0 bridgehead atoms. The number of hydrogen-bond donors (Lipinski definition) is 4. The first kappa shape index (κ1) is 24.6. The van der Waals surface area contributed by atoms with Crippen LogP contribution in [0.3, 0.4) is 0 Å². The Bertz CT molecular complexity index is 1330. The average Bonchev–Trinajstić information content (AvgIpc) is 3.25. The molecule has 0 atom stereocenters. The highest BCUT2D eigenvalue weighted by atomic mass is 32.2. The van der Waals surface area contributed by atoms with Crippen LogP contribution in [0, 0.1) is 6.92 Å². The number of nitrogens with two attached hydrogens (primary N) is 1. The molecule has 0 aliphatic carbocycles. The van der Waals surface area contributed by atoms with E-state index in [4.69, 9.17) is 10.5 Å². The minimum Gasteiger partial charge on any atom is -0.507 e. The van der Waals surface area contributed by atoms with Gasteiger partial charge in [0, 0.05) is 37.9 Å². The molecule has 1 aromatic heterocycles. The molecule has 1 aliphatic heterocycles. The number of sulfonamides is 1. The van der Waals surface area contributed by atoms with Gasteiger partial charge < -0.3 is 20.7 Å². The maximum absolute atomic E-state index is 13.0. The molecular formula is C22H26N6O6S. The van der Waals surface area contributed by atoms with E-state index in [0.29, 0.717) is 38.5 Å². The second-order valence-electron chi connectivity index (χ2n) is 8.07. The van der Waals surface area contributed by atoms with Crippen LogP contribution in [0.15, 0.2) is 41.3 Å². The number of phenols is 2. The number of rotatable bonds is 8. The van der Waals surface area contributed by atoms with Crippen molar-refractivity contribution in [2.75, 3.05) is 39.4 Å². The lowest BCUT2D eigenvalue weighted by molar-refractivity contribution is 0.0390. The molecule has 13 heteroatoms. The van der Waals surface area contributed by atoms with Crippen molar-refractivity contribution >= 4 is 15.9 Å². The number of phenolic OH excluding ortho intramolecular Hbond substituents is 2. The summed E-state index contributed by atoms with van der Waals surface area (Å²) < 4.78 is 35.0. The zero-order chi connectivity index (χ0) is 25.2. The second kappa shape index (κ2) is 10.00. The number of aryl methyl sites for hydroxylation is 1. The molecule has 2 heterocycles. The molecule has 4 rings (SSSR count). The Morgan fingerprint density at radius 3 is 2.46 bits per heavy atom. The Hall–Kier alpha value is -3.52. The van der Waals surface area contributed by atoms with E-state index < -0.39 is 32.3 Å². The van der Waals surface area contributed by atoms with Gasteiger partial charge in [0.05, 0.1) is 18.8 Å². The zero-order valence-electron chi connectivity index (χ0n) is 19.0. The normalized spacial score (nSPS) is 14.8. The number of primary amides is 1. The monoisotopic (exact) mass is 502 g/mol. The molecule has 12 nitrogen and oxygen atoms in total. The standard InChI is InChI=1S/C22H26N6O6S/c1-14-2-4-15(5-3-14)28-21(25-26-22(28)20(23)31)16-12-19(18(30)13-17(16)29)35(32,33)24-6-7-27-8-10-34-11-9-27/h2-5,12-13,24,29-30H,6-11H2,1H3,(H2,23,31). The van der Waals surface area contributed by atoms with Gasteiger partial charge in [-0.1, -0.05) is 17.7 Å². The van der Waals surface area contributed by atoms with Crippen molar-refractivity contribution in [3.63, 3.8) is 0 Å². The molecule has 186 valence electrons. The number of aromatic nitrogens is 3. The lowest BCUT2D eigenvalue weighted by Gasteiger charge is -2.26. The number of nitrogens with zero attached hydrogens (tertiary/aromatic N) is 4. The van der Waals surface area contributed by atoms with Gasteiger partial charge in [0.25, 0.3) is 5.91 Å². The van der Waals surface area contributed by atoms with E-state index in [0.717, 1.165) is 17.7 Å². The third-order valence-electron chi connectivity index (χ3n) is 5.61. The van der Waals surface area contributed by atoms with Crippen LogP contribution in [-0.2, 0) is 14.8 Å². The van der Waals surface area contributed by atoms with Crippen LogP contribution in [0.25, 0.3) is 17.1 Å².